The number of hydrogen-bond donors (Lipinski definition) is 3. The molecule has 2 saturated carbocycles. The van der Waals surface area contributed by atoms with Crippen molar-refractivity contribution in [2.75, 3.05) is 0 Å². The van der Waals surface area contributed by atoms with E-state index in [-0.39, 0.29) is 11.6 Å². The average Bonchev–Trinajstić information content (AvgIpc) is 3.33. The molecule has 1 amide bonds. The van der Waals surface area contributed by atoms with Crippen LogP contribution in [0.3, 0.4) is 0 Å². The molecule has 10 nitrogen and oxygen atoms in total. The highest BCUT2D eigenvalue weighted by molar-refractivity contribution is 6.42. The van der Waals surface area contributed by atoms with Gasteiger partial charge in [-0.2, -0.15) is 0 Å². The lowest BCUT2D eigenvalue weighted by Gasteiger charge is -2.42. The zero-order valence-electron chi connectivity index (χ0n) is 24.4. The van der Waals surface area contributed by atoms with Gasteiger partial charge in [0.2, 0.25) is 0 Å². The van der Waals surface area contributed by atoms with Gasteiger partial charge in [0.25, 0.3) is 0 Å². The quantitative estimate of drug-likeness (QED) is 0.323. The standard InChI is InChI=1S/C28H40Cl2N2O8/c1-24(2,3)38-21(34)18-17-19(33)20(37-13-14-10-11-15(29)16(30)12-14)28(27(17,18)31,22(35)39-25(4,5)6)32-23(36)40-26(7,8)9/h10-12,17-20,33H,13,31H2,1-9H3,(H,32,36)/t17-,18-,19+,20-,27-,28-/m1/s1. The van der Waals surface area contributed by atoms with Crippen LogP contribution in [-0.2, 0) is 35.1 Å². The number of halogens is 2. The number of nitrogens with two attached hydrogens (primary N) is 1. The maximum Gasteiger partial charge on any atom is 0.408 e. The Labute approximate surface area is 245 Å². The largest absolute Gasteiger partial charge is 0.460 e. The second kappa shape index (κ2) is 10.6. The van der Waals surface area contributed by atoms with E-state index in [1.807, 2.05) is 0 Å². The number of fused-ring (bicyclic) bond motifs is 1. The number of aliphatic hydroxyl groups is 1. The minimum absolute atomic E-state index is 0.140. The van der Waals surface area contributed by atoms with Gasteiger partial charge in [0, 0.05) is 5.92 Å². The van der Waals surface area contributed by atoms with E-state index < -0.39 is 70.0 Å². The van der Waals surface area contributed by atoms with Crippen LogP contribution in [0.15, 0.2) is 18.2 Å². The van der Waals surface area contributed by atoms with E-state index in [9.17, 15) is 19.5 Å². The molecule has 224 valence electrons. The average molecular weight is 604 g/mol. The molecule has 0 heterocycles. The first-order valence-corrected chi connectivity index (χ1v) is 13.8. The molecule has 6 atom stereocenters. The molecule has 2 fully saturated rings. The summed E-state index contributed by atoms with van der Waals surface area (Å²) in [5.41, 5.74) is 0.556. The highest BCUT2D eigenvalue weighted by Gasteiger charge is 2.89. The number of rotatable bonds is 6. The van der Waals surface area contributed by atoms with Crippen LogP contribution in [0.25, 0.3) is 0 Å². The van der Waals surface area contributed by atoms with E-state index in [1.165, 1.54) is 0 Å². The minimum atomic E-state index is -2.23. The first kappa shape index (κ1) is 32.4. The molecule has 0 saturated heterocycles. The molecule has 1 aromatic rings. The molecule has 40 heavy (non-hydrogen) atoms. The lowest BCUT2D eigenvalue weighted by Crippen LogP contribution is -2.74. The van der Waals surface area contributed by atoms with E-state index in [0.717, 1.165) is 0 Å². The summed E-state index contributed by atoms with van der Waals surface area (Å²) in [5, 5.41) is 14.7. The highest BCUT2D eigenvalue weighted by Crippen LogP contribution is 2.65. The van der Waals surface area contributed by atoms with Crippen LogP contribution in [0.1, 0.15) is 67.9 Å². The summed E-state index contributed by atoms with van der Waals surface area (Å²) in [6, 6.07) is 4.81. The summed E-state index contributed by atoms with van der Waals surface area (Å²) in [4.78, 5) is 40.6. The fraction of sp³-hybridized carbons (Fsp3) is 0.679. The molecule has 1 aromatic carbocycles. The highest BCUT2D eigenvalue weighted by atomic mass is 35.5. The van der Waals surface area contributed by atoms with E-state index in [4.69, 9.17) is 47.9 Å². The molecule has 0 bridgehead atoms. The summed E-state index contributed by atoms with van der Waals surface area (Å²) >= 11 is 12.2. The predicted molar refractivity (Wildman–Crippen MR) is 149 cm³/mol. The van der Waals surface area contributed by atoms with Crippen LogP contribution in [0, 0.1) is 11.8 Å². The van der Waals surface area contributed by atoms with Crippen LogP contribution >= 0.6 is 23.2 Å². The fourth-order valence-electron chi connectivity index (χ4n) is 5.21. The Morgan fingerprint density at radius 1 is 0.925 bits per heavy atom. The van der Waals surface area contributed by atoms with Crippen molar-refractivity contribution in [3.8, 4) is 0 Å². The molecule has 0 unspecified atom stereocenters. The normalized spacial score (nSPS) is 29.8. The number of alkyl carbamates (subject to hydrolysis) is 1. The predicted octanol–water partition coefficient (Wildman–Crippen LogP) is 4.14. The van der Waals surface area contributed by atoms with Crippen molar-refractivity contribution in [2.45, 2.75) is 109 Å². The molecule has 3 rings (SSSR count). The first-order chi connectivity index (χ1) is 18.0. The van der Waals surface area contributed by atoms with E-state index in [0.29, 0.717) is 10.6 Å². The van der Waals surface area contributed by atoms with Crippen LogP contribution in [0.2, 0.25) is 10.0 Å². The number of hydrogen-bond acceptors (Lipinski definition) is 9. The van der Waals surface area contributed by atoms with Crippen molar-refractivity contribution < 1.29 is 38.4 Å². The Morgan fingerprint density at radius 3 is 1.98 bits per heavy atom. The van der Waals surface area contributed by atoms with Gasteiger partial charge >= 0.3 is 18.0 Å². The van der Waals surface area contributed by atoms with Crippen molar-refractivity contribution in [1.29, 1.82) is 0 Å². The molecule has 4 N–H and O–H groups in total. The zero-order valence-corrected chi connectivity index (χ0v) is 25.9. The van der Waals surface area contributed by atoms with Crippen LogP contribution < -0.4 is 11.1 Å². The van der Waals surface area contributed by atoms with Gasteiger partial charge in [-0.05, 0) is 80.0 Å². The van der Waals surface area contributed by atoms with Gasteiger partial charge in [0.15, 0.2) is 5.54 Å². The molecular formula is C28H40Cl2N2O8. The summed E-state index contributed by atoms with van der Waals surface area (Å²) in [7, 11) is 0. The second-order valence-electron chi connectivity index (χ2n) is 13.4. The van der Waals surface area contributed by atoms with Crippen LogP contribution in [-0.4, -0.2) is 63.2 Å². The van der Waals surface area contributed by atoms with E-state index in [1.54, 1.807) is 80.5 Å². The number of nitrogens with one attached hydrogen (secondary N) is 1. The Bertz CT molecular complexity index is 1170. The van der Waals surface area contributed by atoms with Gasteiger partial charge in [0.05, 0.1) is 34.2 Å². The number of carbonyl (C=O) groups is 3. The number of ether oxygens (including phenoxy) is 4. The Kier molecular flexibility index (Phi) is 8.60. The second-order valence-corrected chi connectivity index (χ2v) is 14.2. The number of carbonyl (C=O) groups excluding carboxylic acids is 3. The third-order valence-corrected chi connectivity index (χ3v) is 7.34. The molecule has 2 aliphatic carbocycles. The van der Waals surface area contributed by atoms with Crippen molar-refractivity contribution in [2.24, 2.45) is 17.6 Å². The molecular weight excluding hydrogens is 563 g/mol. The number of aliphatic hydroxyl groups excluding tert-OH is 1. The maximum atomic E-state index is 14.1. The van der Waals surface area contributed by atoms with Gasteiger partial charge in [-0.1, -0.05) is 29.3 Å². The minimum Gasteiger partial charge on any atom is -0.460 e. The monoisotopic (exact) mass is 602 g/mol. The molecule has 12 heteroatoms. The Balaban J connectivity index is 2.12. The van der Waals surface area contributed by atoms with E-state index >= 15 is 0 Å². The maximum absolute atomic E-state index is 14.1. The lowest BCUT2D eigenvalue weighted by molar-refractivity contribution is -0.179. The van der Waals surface area contributed by atoms with Gasteiger partial charge in [-0.3, -0.25) is 4.79 Å². The molecule has 0 aromatic heterocycles. The summed E-state index contributed by atoms with van der Waals surface area (Å²) in [5.74, 6) is -3.85. The number of benzene rings is 1. The van der Waals surface area contributed by atoms with Crippen LogP contribution in [0.4, 0.5) is 4.79 Å². The van der Waals surface area contributed by atoms with Gasteiger partial charge < -0.3 is 35.1 Å². The Hall–Kier alpha value is -2.11. The first-order valence-electron chi connectivity index (χ1n) is 13.0. The van der Waals surface area contributed by atoms with Crippen LogP contribution in [0.5, 0.6) is 0 Å². The summed E-state index contributed by atoms with van der Waals surface area (Å²) < 4.78 is 22.9. The molecule has 2 aliphatic rings. The molecule has 0 radical (unpaired) electrons. The summed E-state index contributed by atoms with van der Waals surface area (Å²) in [6.07, 6.45) is -3.90. The SMILES string of the molecule is CC(C)(C)OC(=O)N[C@@]1(C(=O)OC(C)(C)C)[C@H](OCc2ccc(Cl)c(Cl)c2)[C@@H](O)[C@H]2[C@H](C(=O)OC(C)(C)C)[C@]21N. The number of amides is 1. The van der Waals surface area contributed by atoms with E-state index in [2.05, 4.69) is 5.32 Å². The van der Waals surface area contributed by atoms with Crippen molar-refractivity contribution in [3.05, 3.63) is 33.8 Å². The van der Waals surface area contributed by atoms with Gasteiger partial charge in [-0.25, -0.2) is 9.59 Å². The molecule has 0 aliphatic heterocycles. The Morgan fingerprint density at radius 2 is 1.48 bits per heavy atom. The van der Waals surface area contributed by atoms with Crippen molar-refractivity contribution in [3.63, 3.8) is 0 Å². The van der Waals surface area contributed by atoms with Gasteiger partial charge in [-0.15, -0.1) is 0 Å². The zero-order chi connectivity index (χ0) is 30.6. The topological polar surface area (TPSA) is 146 Å². The third-order valence-electron chi connectivity index (χ3n) is 6.60. The van der Waals surface area contributed by atoms with Crippen molar-refractivity contribution >= 4 is 41.2 Å². The fourth-order valence-corrected chi connectivity index (χ4v) is 5.53. The van der Waals surface area contributed by atoms with Gasteiger partial charge in [0.1, 0.15) is 22.9 Å². The smallest absolute Gasteiger partial charge is 0.408 e. The lowest BCUT2D eigenvalue weighted by atomic mass is 9.82. The number of esters is 2. The summed E-state index contributed by atoms with van der Waals surface area (Å²) in [6.45, 7) is 14.8. The van der Waals surface area contributed by atoms with Crippen molar-refractivity contribution in [1.82, 2.24) is 5.32 Å². The third kappa shape index (κ3) is 6.36. The molecule has 0 spiro atoms.